The second-order valence-electron chi connectivity index (χ2n) is 5.95. The number of hydrogen-bond acceptors (Lipinski definition) is 8. The number of rotatable bonds is 13. The predicted octanol–water partition coefficient (Wildman–Crippen LogP) is -2.14. The van der Waals surface area contributed by atoms with Gasteiger partial charge in [-0.3, -0.25) is 14.4 Å². The number of carboxylic acids is 1. The summed E-state index contributed by atoms with van der Waals surface area (Å²) < 4.78 is 0. The fourth-order valence-corrected chi connectivity index (χ4v) is 2.40. The lowest BCUT2D eigenvalue weighted by Gasteiger charge is -2.23. The molecular weight excluding hydrogens is 394 g/mol. The first-order chi connectivity index (χ1) is 12.7. The number of nitrogens with one attached hydrogen (secondary N) is 3. The van der Waals surface area contributed by atoms with Crippen molar-refractivity contribution in [3.8, 4) is 0 Å². The first kappa shape index (κ1) is 25.5. The van der Waals surface area contributed by atoms with Gasteiger partial charge in [-0.1, -0.05) is 0 Å². The average Bonchev–Trinajstić information content (AvgIpc) is 2.63. The molecule has 4 atom stereocenters. The second-order valence-corrected chi connectivity index (χ2v) is 6.68. The Morgan fingerprint density at radius 3 is 2.00 bits per heavy atom. The lowest BCUT2D eigenvalue weighted by atomic mass is 10.1. The maximum absolute atomic E-state index is 12.4. The second kappa shape index (κ2) is 13.6. The van der Waals surface area contributed by atoms with Gasteiger partial charge in [0.15, 0.2) is 0 Å². The van der Waals surface area contributed by atoms with Gasteiger partial charge in [-0.05, 0) is 32.7 Å². The largest absolute Gasteiger partial charge is 0.480 e. The van der Waals surface area contributed by atoms with E-state index in [2.05, 4.69) is 41.2 Å². The normalized spacial score (nSPS) is 15.1. The van der Waals surface area contributed by atoms with E-state index in [1.165, 1.54) is 6.92 Å². The fraction of sp³-hybridized carbons (Fsp3) is 0.733. The van der Waals surface area contributed by atoms with E-state index in [1.54, 1.807) is 0 Å². The van der Waals surface area contributed by atoms with Crippen molar-refractivity contribution in [2.75, 3.05) is 18.1 Å². The first-order valence-electron chi connectivity index (χ1n) is 8.49. The summed E-state index contributed by atoms with van der Waals surface area (Å²) in [4.78, 5) is 47.5. The number of carbonyl (C=O) groups is 4. The highest BCUT2D eigenvalue weighted by atomic mass is 32.1. The van der Waals surface area contributed by atoms with E-state index in [0.717, 1.165) is 0 Å². The zero-order valence-electron chi connectivity index (χ0n) is 15.2. The van der Waals surface area contributed by atoms with Crippen LogP contribution < -0.4 is 27.4 Å². The lowest BCUT2D eigenvalue weighted by molar-refractivity contribution is -0.141. The van der Waals surface area contributed by atoms with Crippen LogP contribution in [-0.2, 0) is 19.2 Å². The minimum atomic E-state index is -1.23. The quantitative estimate of drug-likeness (QED) is 0.123. The van der Waals surface area contributed by atoms with Gasteiger partial charge < -0.3 is 32.5 Å². The van der Waals surface area contributed by atoms with E-state index in [1.807, 2.05) is 0 Å². The van der Waals surface area contributed by atoms with Crippen molar-refractivity contribution in [3.05, 3.63) is 0 Å². The zero-order valence-corrected chi connectivity index (χ0v) is 17.0. The Kier molecular flexibility index (Phi) is 12.9. The lowest BCUT2D eigenvalue weighted by Crippen LogP contribution is -2.56. The molecule has 0 aromatic carbocycles. The number of carbonyl (C=O) groups excluding carboxylic acids is 3. The number of carboxylic acid groups (broad SMARTS) is 1. The van der Waals surface area contributed by atoms with E-state index >= 15 is 0 Å². The number of amides is 3. The van der Waals surface area contributed by atoms with Crippen molar-refractivity contribution in [2.24, 2.45) is 11.5 Å². The summed E-state index contributed by atoms with van der Waals surface area (Å²) in [6.07, 6.45) is 1.46. The molecule has 27 heavy (non-hydrogen) atoms. The van der Waals surface area contributed by atoms with Crippen molar-refractivity contribution in [2.45, 2.75) is 50.4 Å². The number of aliphatic carboxylic acids is 1. The molecule has 0 aliphatic carbocycles. The highest BCUT2D eigenvalue weighted by molar-refractivity contribution is 7.80. The van der Waals surface area contributed by atoms with Crippen LogP contribution in [0.3, 0.4) is 0 Å². The number of thiol groups is 2. The minimum absolute atomic E-state index is 0.0986. The topological polar surface area (TPSA) is 177 Å². The average molecular weight is 424 g/mol. The summed E-state index contributed by atoms with van der Waals surface area (Å²) in [6, 6.07) is -3.95. The smallest absolute Gasteiger partial charge is 0.327 e. The molecule has 0 heterocycles. The summed E-state index contributed by atoms with van der Waals surface area (Å²) in [6.45, 7) is 1.87. The van der Waals surface area contributed by atoms with Gasteiger partial charge in [-0.25, -0.2) is 4.79 Å². The van der Waals surface area contributed by atoms with E-state index in [4.69, 9.17) is 16.6 Å². The van der Waals surface area contributed by atoms with Crippen LogP contribution in [0, 0.1) is 0 Å². The number of unbranched alkanes of at least 4 members (excludes halogenated alkanes) is 1. The van der Waals surface area contributed by atoms with Crippen LogP contribution in [0.1, 0.15) is 26.2 Å². The maximum Gasteiger partial charge on any atom is 0.327 e. The Morgan fingerprint density at radius 1 is 0.926 bits per heavy atom. The summed E-state index contributed by atoms with van der Waals surface area (Å²) in [7, 11) is 0. The van der Waals surface area contributed by atoms with Gasteiger partial charge in [0.25, 0.3) is 0 Å². The molecule has 0 spiro atoms. The van der Waals surface area contributed by atoms with Crippen LogP contribution in [0.5, 0.6) is 0 Å². The van der Waals surface area contributed by atoms with Crippen molar-refractivity contribution >= 4 is 48.9 Å². The molecule has 0 saturated carbocycles. The highest BCUT2D eigenvalue weighted by Crippen LogP contribution is 2.03. The predicted molar refractivity (Wildman–Crippen MR) is 108 cm³/mol. The molecule has 0 aliphatic rings. The molecule has 4 unspecified atom stereocenters. The van der Waals surface area contributed by atoms with E-state index in [-0.39, 0.29) is 17.9 Å². The van der Waals surface area contributed by atoms with Gasteiger partial charge >= 0.3 is 5.97 Å². The third kappa shape index (κ3) is 9.84. The molecule has 0 aromatic heterocycles. The molecule has 0 fully saturated rings. The summed E-state index contributed by atoms with van der Waals surface area (Å²) in [5.74, 6) is -3.00. The Bertz CT molecular complexity index is 523. The molecule has 10 nitrogen and oxygen atoms in total. The molecule has 0 rings (SSSR count). The van der Waals surface area contributed by atoms with Crippen LogP contribution in [0.4, 0.5) is 0 Å². The van der Waals surface area contributed by atoms with Crippen LogP contribution >= 0.6 is 25.3 Å². The van der Waals surface area contributed by atoms with Crippen LogP contribution in [0.15, 0.2) is 0 Å². The fourth-order valence-electron chi connectivity index (χ4n) is 1.99. The summed E-state index contributed by atoms with van der Waals surface area (Å²) in [5.41, 5.74) is 11.0. The molecule has 156 valence electrons. The molecular formula is C15H29N5O5S2. The molecule has 0 radical (unpaired) electrons. The standard InChI is InChI=1S/C15H29N5O5S2/c1-8(18-13(22)9(17)6-26)12(21)19-10(4-2-3-5-16)14(23)20-11(7-27)15(24)25/h8-11,26-27H,2-7,16-17H2,1H3,(H,18,22)(H,19,21)(H,20,23)(H,24,25). The monoisotopic (exact) mass is 423 g/mol. The van der Waals surface area contributed by atoms with Gasteiger partial charge in [-0.2, -0.15) is 25.3 Å². The minimum Gasteiger partial charge on any atom is -0.480 e. The number of nitrogens with two attached hydrogens (primary N) is 2. The Balaban J connectivity index is 4.96. The van der Waals surface area contributed by atoms with E-state index < -0.39 is 47.9 Å². The third-order valence-electron chi connectivity index (χ3n) is 3.66. The molecule has 12 heteroatoms. The first-order valence-corrected chi connectivity index (χ1v) is 9.75. The van der Waals surface area contributed by atoms with Crippen LogP contribution in [0.25, 0.3) is 0 Å². The Morgan fingerprint density at radius 2 is 1.52 bits per heavy atom. The van der Waals surface area contributed by atoms with Gasteiger partial charge in [0.05, 0.1) is 6.04 Å². The summed E-state index contributed by atoms with van der Waals surface area (Å²) >= 11 is 7.80. The number of hydrogen-bond donors (Lipinski definition) is 8. The van der Waals surface area contributed by atoms with E-state index in [9.17, 15) is 19.2 Å². The Hall–Kier alpha value is -1.50. The summed E-state index contributed by atoms with van der Waals surface area (Å²) in [5, 5.41) is 16.3. The molecule has 0 saturated heterocycles. The SMILES string of the molecule is CC(NC(=O)C(N)CS)C(=O)NC(CCCCN)C(=O)NC(CS)C(=O)O. The highest BCUT2D eigenvalue weighted by Gasteiger charge is 2.27. The third-order valence-corrected chi connectivity index (χ3v) is 4.42. The van der Waals surface area contributed by atoms with Crippen LogP contribution in [0.2, 0.25) is 0 Å². The molecule has 3 amide bonds. The molecule has 8 N–H and O–H groups in total. The van der Waals surface area contributed by atoms with Crippen molar-refractivity contribution in [1.29, 1.82) is 0 Å². The Labute approximate surface area is 169 Å². The molecule has 0 aromatic rings. The zero-order chi connectivity index (χ0) is 21.0. The van der Waals surface area contributed by atoms with Crippen LogP contribution in [-0.4, -0.2) is 71.0 Å². The van der Waals surface area contributed by atoms with Gasteiger partial charge in [0.1, 0.15) is 18.1 Å². The van der Waals surface area contributed by atoms with Gasteiger partial charge in [0.2, 0.25) is 17.7 Å². The molecule has 0 aliphatic heterocycles. The van der Waals surface area contributed by atoms with Crippen molar-refractivity contribution in [1.82, 2.24) is 16.0 Å². The van der Waals surface area contributed by atoms with Gasteiger partial charge in [-0.15, -0.1) is 0 Å². The van der Waals surface area contributed by atoms with Gasteiger partial charge in [0, 0.05) is 11.5 Å². The molecule has 0 bridgehead atoms. The maximum atomic E-state index is 12.4. The van der Waals surface area contributed by atoms with E-state index in [0.29, 0.717) is 19.4 Å². The van der Waals surface area contributed by atoms with Crippen molar-refractivity contribution < 1.29 is 24.3 Å². The van der Waals surface area contributed by atoms with Crippen molar-refractivity contribution in [3.63, 3.8) is 0 Å².